The summed E-state index contributed by atoms with van der Waals surface area (Å²) in [5.41, 5.74) is 15.5. The first kappa shape index (κ1) is 35.3. The zero-order valence-corrected chi connectivity index (χ0v) is 29.9. The largest absolute Gasteiger partial charge is 0.478 e. The van der Waals surface area contributed by atoms with Crippen LogP contribution < -0.4 is 11.5 Å². The molecule has 260 valence electrons. The monoisotopic (exact) mass is 762 g/mol. The highest BCUT2D eigenvalue weighted by Gasteiger charge is 2.17. The number of benzene rings is 2. The second kappa shape index (κ2) is 15.5. The Balaban J connectivity index is 0.979. The van der Waals surface area contributed by atoms with Gasteiger partial charge in [0.15, 0.2) is 31.7 Å². The van der Waals surface area contributed by atoms with E-state index in [1.807, 2.05) is 0 Å². The van der Waals surface area contributed by atoms with Gasteiger partial charge in [-0.25, -0.2) is 19.0 Å². The van der Waals surface area contributed by atoms with Crippen LogP contribution in [-0.2, 0) is 0 Å². The van der Waals surface area contributed by atoms with Crippen LogP contribution in [0.15, 0.2) is 77.7 Å². The van der Waals surface area contributed by atoms with Gasteiger partial charge in [0.05, 0.1) is 33.9 Å². The van der Waals surface area contributed by atoms with E-state index in [1.165, 1.54) is 56.3 Å². The van der Waals surface area contributed by atoms with Crippen LogP contribution in [0.1, 0.15) is 38.5 Å². The van der Waals surface area contributed by atoms with Gasteiger partial charge in [-0.15, -0.1) is 40.9 Å². The Bertz CT molecular complexity index is 2140. The smallest absolute Gasteiger partial charge is 0.335 e. The molecule has 0 bridgehead atoms. The molecule has 18 nitrogen and oxygen atoms in total. The van der Waals surface area contributed by atoms with Crippen molar-refractivity contribution in [3.05, 3.63) is 71.0 Å². The van der Waals surface area contributed by atoms with E-state index in [0.717, 1.165) is 26.6 Å². The van der Waals surface area contributed by atoms with Crippen molar-refractivity contribution >= 4 is 91.4 Å². The summed E-state index contributed by atoms with van der Waals surface area (Å²) in [4.78, 5) is 22.7. The SMILES string of the molecule is Cc1nn(-c2cccc(C(=O)O)c2)c(N)c1/N=N/c1nnc(SCCCSc2nnc(/N=N/c3c(C)nn(-c4cccc(C(=O)O)c4)c3N)s2)s1. The molecule has 0 aliphatic heterocycles. The lowest BCUT2D eigenvalue weighted by molar-refractivity contribution is 0.0686. The van der Waals surface area contributed by atoms with Gasteiger partial charge in [0, 0.05) is 11.5 Å². The molecule has 0 saturated heterocycles. The highest BCUT2D eigenvalue weighted by molar-refractivity contribution is 8.01. The molecule has 2 aromatic carbocycles. The van der Waals surface area contributed by atoms with Crippen LogP contribution in [0.5, 0.6) is 0 Å². The Morgan fingerprint density at radius 1 is 0.706 bits per heavy atom. The number of aryl methyl sites for hydroxylation is 2. The maximum absolute atomic E-state index is 11.3. The molecule has 4 aromatic heterocycles. The minimum Gasteiger partial charge on any atom is -0.478 e. The van der Waals surface area contributed by atoms with E-state index >= 15 is 0 Å². The van der Waals surface area contributed by atoms with Crippen LogP contribution >= 0.6 is 46.2 Å². The molecule has 6 aromatic rings. The highest BCUT2D eigenvalue weighted by atomic mass is 32.2. The summed E-state index contributed by atoms with van der Waals surface area (Å²) >= 11 is 5.69. The number of nitrogens with zero attached hydrogens (tertiary/aromatic N) is 12. The number of thioether (sulfide) groups is 2. The number of nitrogen functional groups attached to an aromatic ring is 2. The van der Waals surface area contributed by atoms with Crippen molar-refractivity contribution in [1.82, 2.24) is 40.0 Å². The number of anilines is 2. The standard InChI is InChI=1S/C29H26N14O4S4/c1-14-20(22(30)42(40-14)18-8-3-6-16(12-18)24(44)45)32-34-26-36-38-28(50-26)48-10-5-11-49-29-39-37-27(51-29)35-33-21-15(2)41-43(23(21)31)19-9-4-7-17(13-19)25(46)47/h3-4,6-9,12-13H,5,10-11,30-31H2,1-2H3,(H,44,45)(H,46,47)/b34-32+,35-33+. The van der Waals surface area contributed by atoms with Crippen LogP contribution in [0, 0.1) is 13.8 Å². The van der Waals surface area contributed by atoms with Crippen molar-refractivity contribution < 1.29 is 19.8 Å². The number of carboxylic acids is 2. The molecule has 0 unspecified atom stereocenters. The fourth-order valence-electron chi connectivity index (χ4n) is 4.42. The maximum atomic E-state index is 11.3. The van der Waals surface area contributed by atoms with E-state index in [4.69, 9.17) is 11.5 Å². The molecule has 6 rings (SSSR count). The lowest BCUT2D eigenvalue weighted by Gasteiger charge is -2.04. The van der Waals surface area contributed by atoms with Crippen molar-refractivity contribution in [3.63, 3.8) is 0 Å². The van der Waals surface area contributed by atoms with Gasteiger partial charge in [-0.2, -0.15) is 10.2 Å². The number of hydrogen-bond donors (Lipinski definition) is 4. The topological polar surface area (TPSA) is 263 Å². The van der Waals surface area contributed by atoms with E-state index in [2.05, 4.69) is 51.0 Å². The van der Waals surface area contributed by atoms with Gasteiger partial charge in [-0.3, -0.25) is 0 Å². The van der Waals surface area contributed by atoms with Crippen LogP contribution in [0.4, 0.5) is 33.3 Å². The summed E-state index contributed by atoms with van der Waals surface area (Å²) in [6, 6.07) is 12.6. The van der Waals surface area contributed by atoms with E-state index in [-0.39, 0.29) is 22.8 Å². The van der Waals surface area contributed by atoms with Crippen molar-refractivity contribution in [3.8, 4) is 11.4 Å². The molecule has 51 heavy (non-hydrogen) atoms. The number of carbonyl (C=O) groups is 2. The fraction of sp³-hybridized carbons (Fsp3) is 0.172. The Labute approximate surface area is 304 Å². The second-order valence-corrected chi connectivity index (χ2v) is 14.9. The van der Waals surface area contributed by atoms with Gasteiger partial charge in [-0.05, 0) is 56.7 Å². The number of aromatic carboxylic acids is 2. The molecular formula is C29H26N14O4S4. The molecule has 0 amide bonds. The first-order valence-electron chi connectivity index (χ1n) is 14.7. The number of azo groups is 2. The zero-order chi connectivity index (χ0) is 36.1. The van der Waals surface area contributed by atoms with Crippen molar-refractivity contribution in [2.45, 2.75) is 28.9 Å². The molecular weight excluding hydrogens is 737 g/mol. The molecule has 0 aliphatic rings. The Morgan fingerprint density at radius 3 is 1.55 bits per heavy atom. The third kappa shape index (κ3) is 8.25. The van der Waals surface area contributed by atoms with Gasteiger partial charge < -0.3 is 21.7 Å². The van der Waals surface area contributed by atoms with Crippen LogP contribution in [0.3, 0.4) is 0 Å². The summed E-state index contributed by atoms with van der Waals surface area (Å²) < 4.78 is 4.32. The summed E-state index contributed by atoms with van der Waals surface area (Å²) in [5, 5.41) is 61.5. The molecule has 0 saturated carbocycles. The number of nitrogens with two attached hydrogens (primary N) is 2. The molecule has 0 fully saturated rings. The third-order valence-corrected chi connectivity index (χ3v) is 10.9. The summed E-state index contributed by atoms with van der Waals surface area (Å²) in [6.45, 7) is 3.46. The van der Waals surface area contributed by atoms with Gasteiger partial charge >= 0.3 is 11.9 Å². The quantitative estimate of drug-likeness (QED) is 0.0492. The second-order valence-electron chi connectivity index (χ2n) is 10.3. The lowest BCUT2D eigenvalue weighted by atomic mass is 10.2. The normalized spacial score (nSPS) is 11.6. The van der Waals surface area contributed by atoms with Crippen LogP contribution in [0.25, 0.3) is 11.4 Å². The predicted molar refractivity (Wildman–Crippen MR) is 194 cm³/mol. The Morgan fingerprint density at radius 2 is 1.14 bits per heavy atom. The first-order valence-corrected chi connectivity index (χ1v) is 18.3. The average Bonchev–Trinajstić information content (AvgIpc) is 3.90. The van der Waals surface area contributed by atoms with E-state index < -0.39 is 11.9 Å². The van der Waals surface area contributed by atoms with Gasteiger partial charge in [-0.1, -0.05) is 58.3 Å². The minimum absolute atomic E-state index is 0.113. The van der Waals surface area contributed by atoms with Crippen molar-refractivity contribution in [2.24, 2.45) is 20.5 Å². The van der Waals surface area contributed by atoms with Gasteiger partial charge in [0.2, 0.25) is 0 Å². The lowest BCUT2D eigenvalue weighted by Crippen LogP contribution is -2.04. The number of rotatable bonds is 14. The fourth-order valence-corrected chi connectivity index (χ4v) is 7.95. The molecule has 0 radical (unpaired) electrons. The molecule has 4 heterocycles. The molecule has 6 N–H and O–H groups in total. The number of aromatic nitrogens is 8. The first-order chi connectivity index (χ1) is 24.6. The van der Waals surface area contributed by atoms with Crippen LogP contribution in [-0.4, -0.2) is 73.6 Å². The molecule has 22 heteroatoms. The molecule has 0 atom stereocenters. The van der Waals surface area contributed by atoms with Gasteiger partial charge in [0.25, 0.3) is 10.3 Å². The highest BCUT2D eigenvalue weighted by Crippen LogP contribution is 2.35. The van der Waals surface area contributed by atoms with Crippen LogP contribution in [0.2, 0.25) is 0 Å². The zero-order valence-electron chi connectivity index (χ0n) is 26.6. The van der Waals surface area contributed by atoms with E-state index in [1.54, 1.807) is 61.6 Å². The van der Waals surface area contributed by atoms with E-state index in [9.17, 15) is 19.8 Å². The van der Waals surface area contributed by atoms with Crippen molar-refractivity contribution in [2.75, 3.05) is 23.0 Å². The maximum Gasteiger partial charge on any atom is 0.335 e. The predicted octanol–water partition coefficient (Wildman–Crippen LogP) is 7.04. The third-order valence-electron chi connectivity index (χ3n) is 6.80. The Hall–Kier alpha value is -5.58. The summed E-state index contributed by atoms with van der Waals surface area (Å²) in [5.74, 6) is -0.0924. The summed E-state index contributed by atoms with van der Waals surface area (Å²) in [6.07, 6.45) is 0.859. The summed E-state index contributed by atoms with van der Waals surface area (Å²) in [7, 11) is 0. The average molecular weight is 763 g/mol. The Kier molecular flexibility index (Phi) is 10.7. The van der Waals surface area contributed by atoms with Crippen molar-refractivity contribution in [1.29, 1.82) is 0 Å². The molecule has 0 spiro atoms. The number of carboxylic acid groups (broad SMARTS) is 2. The van der Waals surface area contributed by atoms with Gasteiger partial charge in [0.1, 0.15) is 0 Å². The van der Waals surface area contributed by atoms with E-state index in [0.29, 0.717) is 44.4 Å². The minimum atomic E-state index is -1.05. The molecule has 0 aliphatic carbocycles. The number of hydrogen-bond acceptors (Lipinski definition) is 18.